The summed E-state index contributed by atoms with van der Waals surface area (Å²) in [7, 11) is 0. The van der Waals surface area contributed by atoms with Crippen molar-refractivity contribution >= 4 is 29.5 Å². The van der Waals surface area contributed by atoms with Gasteiger partial charge in [-0.3, -0.25) is 19.2 Å². The van der Waals surface area contributed by atoms with Crippen molar-refractivity contribution in [2.24, 2.45) is 11.3 Å². The number of hydrogen-bond donors (Lipinski definition) is 3. The standard InChI is InChI=1S/C16H20O9/c1-8(2)14(22)25-6-5-16(15(23)24)11(19)7-9(17)3-4-10(18)12(16)13(20)21/h11-12,19H,1,3-7H2,2H3,(H,20,21)(H,23,24). The molecule has 9 heteroatoms. The van der Waals surface area contributed by atoms with Crippen LogP contribution in [0.2, 0.25) is 0 Å². The molecule has 1 rings (SSSR count). The summed E-state index contributed by atoms with van der Waals surface area (Å²) in [6.45, 7) is 4.16. The molecule has 0 aromatic heterocycles. The molecule has 0 aliphatic heterocycles. The second kappa shape index (κ2) is 8.02. The molecule has 3 N–H and O–H groups in total. The molecule has 1 fully saturated rings. The fraction of sp³-hybridized carbons (Fsp3) is 0.562. The Morgan fingerprint density at radius 3 is 2.32 bits per heavy atom. The number of hydrogen-bond acceptors (Lipinski definition) is 7. The number of ether oxygens (including phenoxy) is 1. The zero-order chi connectivity index (χ0) is 19.4. The van der Waals surface area contributed by atoms with Crippen molar-refractivity contribution < 1.29 is 44.0 Å². The fourth-order valence-corrected chi connectivity index (χ4v) is 2.86. The van der Waals surface area contributed by atoms with Gasteiger partial charge in [-0.2, -0.15) is 0 Å². The van der Waals surface area contributed by atoms with Gasteiger partial charge < -0.3 is 20.1 Å². The summed E-state index contributed by atoms with van der Waals surface area (Å²) in [5.41, 5.74) is -2.43. The highest BCUT2D eigenvalue weighted by Crippen LogP contribution is 2.41. The molecular weight excluding hydrogens is 336 g/mol. The zero-order valence-electron chi connectivity index (χ0n) is 13.7. The van der Waals surface area contributed by atoms with Gasteiger partial charge in [-0.1, -0.05) is 6.58 Å². The number of rotatable bonds is 6. The number of carbonyl (C=O) groups excluding carboxylic acids is 3. The third-order valence-electron chi connectivity index (χ3n) is 4.25. The molecule has 3 unspecified atom stereocenters. The van der Waals surface area contributed by atoms with E-state index in [4.69, 9.17) is 4.74 Å². The van der Waals surface area contributed by atoms with E-state index in [1.807, 2.05) is 0 Å². The summed E-state index contributed by atoms with van der Waals surface area (Å²) < 4.78 is 4.79. The topological polar surface area (TPSA) is 155 Å². The molecule has 0 aromatic rings. The lowest BCUT2D eigenvalue weighted by Gasteiger charge is -2.38. The van der Waals surface area contributed by atoms with Gasteiger partial charge in [-0.25, -0.2) is 4.79 Å². The van der Waals surface area contributed by atoms with Crippen molar-refractivity contribution in [3.8, 4) is 0 Å². The number of carbonyl (C=O) groups is 5. The highest BCUT2D eigenvalue weighted by Gasteiger charge is 2.58. The van der Waals surface area contributed by atoms with Crippen LogP contribution in [0, 0.1) is 11.3 Å². The molecule has 9 nitrogen and oxygen atoms in total. The number of esters is 1. The van der Waals surface area contributed by atoms with Gasteiger partial charge >= 0.3 is 17.9 Å². The molecule has 1 saturated carbocycles. The minimum atomic E-state index is -2.48. The number of aliphatic carboxylic acids is 2. The molecule has 0 amide bonds. The molecule has 0 saturated heterocycles. The van der Waals surface area contributed by atoms with E-state index < -0.39 is 72.8 Å². The van der Waals surface area contributed by atoms with Crippen LogP contribution in [0.1, 0.15) is 32.6 Å². The lowest BCUT2D eigenvalue weighted by molar-refractivity contribution is -0.180. The largest absolute Gasteiger partial charge is 0.481 e. The smallest absolute Gasteiger partial charge is 0.333 e. The van der Waals surface area contributed by atoms with Crippen molar-refractivity contribution in [2.45, 2.75) is 38.7 Å². The maximum atomic E-state index is 12.2. The summed E-state index contributed by atoms with van der Waals surface area (Å²) >= 11 is 0. The van der Waals surface area contributed by atoms with E-state index in [-0.39, 0.29) is 12.0 Å². The lowest BCUT2D eigenvalue weighted by atomic mass is 9.64. The molecule has 0 aromatic carbocycles. The average Bonchev–Trinajstić information content (AvgIpc) is 2.49. The Morgan fingerprint density at radius 1 is 1.24 bits per heavy atom. The van der Waals surface area contributed by atoms with Gasteiger partial charge in [0.05, 0.1) is 12.7 Å². The van der Waals surface area contributed by atoms with Crippen LogP contribution in [0.5, 0.6) is 0 Å². The number of ketones is 2. The maximum absolute atomic E-state index is 12.2. The molecule has 0 heterocycles. The van der Waals surface area contributed by atoms with E-state index in [1.54, 1.807) is 0 Å². The Kier molecular flexibility index (Phi) is 6.57. The zero-order valence-corrected chi connectivity index (χ0v) is 13.7. The summed E-state index contributed by atoms with van der Waals surface area (Å²) in [5, 5.41) is 29.3. The first-order valence-corrected chi connectivity index (χ1v) is 7.55. The van der Waals surface area contributed by atoms with Crippen molar-refractivity contribution in [2.75, 3.05) is 6.61 Å². The number of carboxylic acids is 2. The Bertz CT molecular complexity index is 621. The van der Waals surface area contributed by atoms with E-state index in [2.05, 4.69) is 6.58 Å². The maximum Gasteiger partial charge on any atom is 0.333 e. The first-order chi connectivity index (χ1) is 11.5. The van der Waals surface area contributed by atoms with E-state index in [9.17, 15) is 39.3 Å². The normalized spacial score (nSPS) is 27.1. The van der Waals surface area contributed by atoms with Gasteiger partial charge in [0.1, 0.15) is 22.9 Å². The van der Waals surface area contributed by atoms with Gasteiger partial charge in [-0.05, 0) is 6.92 Å². The average molecular weight is 356 g/mol. The number of Topliss-reactive ketones (excluding diaryl/α,β-unsaturated/α-hetero) is 2. The van der Waals surface area contributed by atoms with E-state index in [0.29, 0.717) is 0 Å². The van der Waals surface area contributed by atoms with Gasteiger partial charge in [0.25, 0.3) is 0 Å². The van der Waals surface area contributed by atoms with Crippen LogP contribution < -0.4 is 0 Å². The quantitative estimate of drug-likeness (QED) is 0.337. The third kappa shape index (κ3) is 4.30. The predicted octanol–water partition coefficient (Wildman–Crippen LogP) is -0.0494. The predicted molar refractivity (Wildman–Crippen MR) is 81.5 cm³/mol. The van der Waals surface area contributed by atoms with Crippen LogP contribution in [0.15, 0.2) is 12.2 Å². The minimum absolute atomic E-state index is 0.0450. The first kappa shape index (κ1) is 20.5. The molecule has 0 radical (unpaired) electrons. The molecule has 3 atom stereocenters. The molecule has 0 spiro atoms. The molecular formula is C16H20O9. The van der Waals surface area contributed by atoms with Crippen LogP contribution in [0.25, 0.3) is 0 Å². The highest BCUT2D eigenvalue weighted by molar-refractivity contribution is 6.05. The van der Waals surface area contributed by atoms with Crippen LogP contribution in [0.3, 0.4) is 0 Å². The SMILES string of the molecule is C=C(C)C(=O)OCCC1(C(=O)O)C(O)CC(=O)CCC(=O)C1C(=O)O. The third-order valence-corrected chi connectivity index (χ3v) is 4.25. The first-order valence-electron chi connectivity index (χ1n) is 7.55. The Labute approximate surface area is 143 Å². The van der Waals surface area contributed by atoms with Crippen molar-refractivity contribution in [1.29, 1.82) is 0 Å². The van der Waals surface area contributed by atoms with Crippen molar-refractivity contribution in [1.82, 2.24) is 0 Å². The second-order valence-corrected chi connectivity index (χ2v) is 6.01. The van der Waals surface area contributed by atoms with Gasteiger partial charge in [0.2, 0.25) is 0 Å². The molecule has 25 heavy (non-hydrogen) atoms. The Balaban J connectivity index is 3.28. The molecule has 0 bridgehead atoms. The Hall–Kier alpha value is -2.55. The van der Waals surface area contributed by atoms with Crippen LogP contribution in [-0.2, 0) is 28.7 Å². The summed E-state index contributed by atoms with van der Waals surface area (Å²) in [5.74, 6) is -7.86. The van der Waals surface area contributed by atoms with E-state index >= 15 is 0 Å². The van der Waals surface area contributed by atoms with Crippen LogP contribution in [-0.4, -0.2) is 57.5 Å². The summed E-state index contributed by atoms with van der Waals surface area (Å²) in [4.78, 5) is 58.8. The summed E-state index contributed by atoms with van der Waals surface area (Å²) in [6.07, 6.45) is -3.84. The number of aliphatic hydroxyl groups is 1. The minimum Gasteiger partial charge on any atom is -0.481 e. The number of aliphatic hydroxyl groups excluding tert-OH is 1. The highest BCUT2D eigenvalue weighted by atomic mass is 16.5. The monoisotopic (exact) mass is 356 g/mol. The van der Waals surface area contributed by atoms with E-state index in [0.717, 1.165) is 0 Å². The molecule has 1 aliphatic carbocycles. The Morgan fingerprint density at radius 2 is 1.84 bits per heavy atom. The van der Waals surface area contributed by atoms with Gasteiger partial charge in [0, 0.05) is 31.3 Å². The second-order valence-electron chi connectivity index (χ2n) is 6.01. The van der Waals surface area contributed by atoms with Crippen molar-refractivity contribution in [3.05, 3.63) is 12.2 Å². The van der Waals surface area contributed by atoms with Gasteiger partial charge in [0.15, 0.2) is 0 Å². The molecule has 1 aliphatic rings. The van der Waals surface area contributed by atoms with Gasteiger partial charge in [-0.15, -0.1) is 0 Å². The molecule has 138 valence electrons. The van der Waals surface area contributed by atoms with Crippen LogP contribution >= 0.6 is 0 Å². The number of carboxylic acid groups (broad SMARTS) is 2. The fourth-order valence-electron chi connectivity index (χ4n) is 2.86. The summed E-state index contributed by atoms with van der Waals surface area (Å²) in [6, 6.07) is 0. The van der Waals surface area contributed by atoms with E-state index in [1.165, 1.54) is 6.92 Å². The lowest BCUT2D eigenvalue weighted by Crippen LogP contribution is -2.56. The van der Waals surface area contributed by atoms with Crippen molar-refractivity contribution in [3.63, 3.8) is 0 Å². The van der Waals surface area contributed by atoms with Crippen LogP contribution in [0.4, 0.5) is 0 Å².